The first-order valence-corrected chi connectivity index (χ1v) is 18.1. The van der Waals surface area contributed by atoms with E-state index in [9.17, 15) is 1.37 Å². The Morgan fingerprint density at radius 1 is 0.588 bits per heavy atom. The van der Waals surface area contributed by atoms with E-state index in [1.807, 2.05) is 29.5 Å². The minimum Gasteiger partial charge on any atom is -0.345 e. The van der Waals surface area contributed by atoms with Gasteiger partial charge in [0.1, 0.15) is 0 Å². The van der Waals surface area contributed by atoms with E-state index >= 15 is 0 Å². The second-order valence-corrected chi connectivity index (χ2v) is 14.2. The predicted molar refractivity (Wildman–Crippen MR) is 218 cm³/mol. The lowest BCUT2D eigenvalue weighted by atomic mass is 9.45. The van der Waals surface area contributed by atoms with Crippen LogP contribution in [0.2, 0.25) is 0 Å². The van der Waals surface area contributed by atoms with Gasteiger partial charge in [-0.25, -0.2) is 9.97 Å². The summed E-state index contributed by atoms with van der Waals surface area (Å²) in [5.74, 6) is 0.609. The van der Waals surface area contributed by atoms with Crippen LogP contribution in [0.15, 0.2) is 170 Å². The van der Waals surface area contributed by atoms with Gasteiger partial charge in [-0.2, -0.15) is 0 Å². The predicted octanol–water partition coefficient (Wildman–Crippen LogP) is 10.9. The standard InChI is InChI=1S/C46H28BN3S/c1-3-15-29(16-4-1)43-35-23-11-13-25-39(35)48-46(49-43)50-44-41(33-21-9-10-22-34(33)45-42(44)36-24-12-14-26-40(36)51-45)37-27-30-17-7-8-18-31(30)28-38(37)47(50)32-19-5-2-6-20-32/h1-28H/i28D. The Balaban J connectivity index is 1.39. The summed E-state index contributed by atoms with van der Waals surface area (Å²) in [6.07, 6.45) is 0. The summed E-state index contributed by atoms with van der Waals surface area (Å²) in [4.78, 5) is 13.3. The fourth-order valence-electron chi connectivity index (χ4n) is 8.15. The van der Waals surface area contributed by atoms with E-state index in [4.69, 9.17) is 9.97 Å². The van der Waals surface area contributed by atoms with Gasteiger partial charge in [-0.05, 0) is 45.4 Å². The molecule has 1 aliphatic heterocycles. The van der Waals surface area contributed by atoms with Gasteiger partial charge in [-0.15, -0.1) is 11.3 Å². The fraction of sp³-hybridized carbons (Fsp3) is 0. The minimum atomic E-state index is -0.381. The van der Waals surface area contributed by atoms with Crippen molar-refractivity contribution in [1.29, 1.82) is 0 Å². The maximum atomic E-state index is 10.0. The molecule has 0 atom stereocenters. The van der Waals surface area contributed by atoms with E-state index in [2.05, 4.69) is 150 Å². The first-order valence-electron chi connectivity index (χ1n) is 17.8. The number of benzene rings is 8. The molecule has 236 valence electrons. The molecule has 1 aliphatic rings. The number of anilines is 2. The molecule has 3 heterocycles. The van der Waals surface area contributed by atoms with Crippen LogP contribution in [-0.4, -0.2) is 16.8 Å². The highest BCUT2D eigenvalue weighted by Gasteiger charge is 2.41. The third kappa shape index (κ3) is 4.25. The molecule has 2 aromatic heterocycles. The van der Waals surface area contributed by atoms with Crippen molar-refractivity contribution in [2.75, 3.05) is 4.81 Å². The summed E-state index contributed by atoms with van der Waals surface area (Å²) in [6.45, 7) is -0.381. The van der Waals surface area contributed by atoms with Gasteiger partial charge in [0.15, 0.2) is 0 Å². The number of para-hydroxylation sites is 1. The van der Waals surface area contributed by atoms with Gasteiger partial charge in [0.2, 0.25) is 5.95 Å². The fourth-order valence-corrected chi connectivity index (χ4v) is 9.40. The Labute approximate surface area is 300 Å². The first-order chi connectivity index (χ1) is 25.7. The largest absolute Gasteiger partial charge is 0.345 e. The Kier molecular flexibility index (Phi) is 5.99. The highest BCUT2D eigenvalue weighted by atomic mass is 32.1. The van der Waals surface area contributed by atoms with Crippen LogP contribution in [-0.2, 0) is 0 Å². The van der Waals surface area contributed by atoms with Crippen LogP contribution < -0.4 is 15.7 Å². The SMILES string of the molecule is [2H]c1c2c(cc3ccccc13)-c1c(c3c4ccccc4sc3c3ccccc13)N(c1nc(-c3ccccc3)c3ccccc3n1)B2c1ccccc1. The number of fused-ring (bicyclic) bond motifs is 12. The molecule has 0 saturated heterocycles. The molecule has 11 rings (SSSR count). The number of rotatable bonds is 3. The summed E-state index contributed by atoms with van der Waals surface area (Å²) >= 11 is 1.84. The molecule has 0 amide bonds. The van der Waals surface area contributed by atoms with Crippen molar-refractivity contribution in [2.45, 2.75) is 0 Å². The summed E-state index contributed by atoms with van der Waals surface area (Å²) in [6, 6.07) is 58.0. The molecule has 10 aromatic rings. The number of thiophene rings is 1. The Bertz CT molecular complexity index is 3050. The molecule has 51 heavy (non-hydrogen) atoms. The molecule has 5 heteroatoms. The Hall–Kier alpha value is -6.30. The van der Waals surface area contributed by atoms with Gasteiger partial charge >= 0.3 is 6.85 Å². The van der Waals surface area contributed by atoms with Crippen LogP contribution in [0, 0.1) is 0 Å². The summed E-state index contributed by atoms with van der Waals surface area (Å²) in [5.41, 5.74) is 8.12. The van der Waals surface area contributed by atoms with Crippen LogP contribution in [0.5, 0.6) is 0 Å². The number of aromatic nitrogens is 2. The summed E-state index contributed by atoms with van der Waals surface area (Å²) in [5, 5.41) is 7.77. The Morgan fingerprint density at radius 3 is 2.06 bits per heavy atom. The Morgan fingerprint density at radius 2 is 1.24 bits per heavy atom. The average molecular weight is 667 g/mol. The average Bonchev–Trinajstić information content (AvgIpc) is 3.61. The number of nitrogens with zero attached hydrogens (tertiary/aromatic N) is 3. The van der Waals surface area contributed by atoms with Crippen molar-refractivity contribution >= 4 is 93.4 Å². The quantitative estimate of drug-likeness (QED) is 0.176. The number of hydrogen-bond acceptors (Lipinski definition) is 4. The summed E-state index contributed by atoms with van der Waals surface area (Å²) < 4.78 is 12.5. The van der Waals surface area contributed by atoms with Crippen LogP contribution in [0.1, 0.15) is 1.37 Å². The van der Waals surface area contributed by atoms with Crippen molar-refractivity contribution < 1.29 is 1.37 Å². The molecule has 0 radical (unpaired) electrons. The third-order valence-electron chi connectivity index (χ3n) is 10.3. The van der Waals surface area contributed by atoms with Gasteiger partial charge in [0, 0.05) is 47.8 Å². The lowest BCUT2D eigenvalue weighted by Crippen LogP contribution is -2.58. The van der Waals surface area contributed by atoms with E-state index in [1.165, 1.54) is 25.6 Å². The van der Waals surface area contributed by atoms with Crippen molar-refractivity contribution in [1.82, 2.24) is 9.97 Å². The molecule has 0 saturated carbocycles. The molecule has 8 aromatic carbocycles. The maximum absolute atomic E-state index is 10.0. The van der Waals surface area contributed by atoms with Crippen LogP contribution >= 0.6 is 11.3 Å². The highest BCUT2D eigenvalue weighted by Crippen LogP contribution is 2.53. The van der Waals surface area contributed by atoms with Crippen LogP contribution in [0.25, 0.3) is 75.0 Å². The van der Waals surface area contributed by atoms with Gasteiger partial charge in [0.25, 0.3) is 0 Å². The van der Waals surface area contributed by atoms with Crippen molar-refractivity contribution in [3.05, 3.63) is 170 Å². The lowest BCUT2D eigenvalue weighted by molar-refractivity contribution is 1.16. The normalized spacial score (nSPS) is 12.9. The van der Waals surface area contributed by atoms with Crippen LogP contribution in [0.3, 0.4) is 0 Å². The molecule has 0 unspecified atom stereocenters. The zero-order valence-electron chi connectivity index (χ0n) is 28.4. The minimum absolute atomic E-state index is 0.381. The molecule has 0 fully saturated rings. The van der Waals surface area contributed by atoms with Crippen LogP contribution in [0.4, 0.5) is 11.6 Å². The van der Waals surface area contributed by atoms with E-state index < -0.39 is 0 Å². The van der Waals surface area contributed by atoms with Gasteiger partial charge in [-0.3, -0.25) is 0 Å². The topological polar surface area (TPSA) is 29.0 Å². The van der Waals surface area contributed by atoms with Crippen molar-refractivity contribution in [2.24, 2.45) is 0 Å². The highest BCUT2D eigenvalue weighted by molar-refractivity contribution is 7.27. The lowest BCUT2D eigenvalue weighted by Gasteiger charge is -2.39. The molecule has 0 N–H and O–H groups in total. The van der Waals surface area contributed by atoms with Crippen molar-refractivity contribution in [3.8, 4) is 22.4 Å². The zero-order chi connectivity index (χ0) is 34.3. The van der Waals surface area contributed by atoms with E-state index in [0.29, 0.717) is 12.0 Å². The summed E-state index contributed by atoms with van der Waals surface area (Å²) in [7, 11) is 0. The first kappa shape index (κ1) is 27.5. The smallest absolute Gasteiger partial charge is 0.332 e. The number of hydrogen-bond donors (Lipinski definition) is 0. The molecule has 0 spiro atoms. The molecule has 0 bridgehead atoms. The van der Waals surface area contributed by atoms with Gasteiger partial charge < -0.3 is 4.81 Å². The van der Waals surface area contributed by atoms with E-state index in [0.717, 1.165) is 66.1 Å². The monoisotopic (exact) mass is 666 g/mol. The van der Waals surface area contributed by atoms with Gasteiger partial charge in [-0.1, -0.05) is 157 Å². The van der Waals surface area contributed by atoms with Gasteiger partial charge in [0.05, 0.1) is 12.6 Å². The molecular formula is C46H28BN3S. The third-order valence-corrected chi connectivity index (χ3v) is 11.5. The maximum Gasteiger partial charge on any atom is 0.332 e. The molecule has 3 nitrogen and oxygen atoms in total. The van der Waals surface area contributed by atoms with E-state index in [1.54, 1.807) is 0 Å². The molecular weight excluding hydrogens is 637 g/mol. The molecule has 0 aliphatic carbocycles. The van der Waals surface area contributed by atoms with Crippen molar-refractivity contribution in [3.63, 3.8) is 0 Å². The second-order valence-electron chi connectivity index (χ2n) is 13.2. The second kappa shape index (κ2) is 11.1. The zero-order valence-corrected chi connectivity index (χ0v) is 28.2. The van der Waals surface area contributed by atoms with E-state index in [-0.39, 0.29) is 6.85 Å².